The second-order valence-electron chi connectivity index (χ2n) is 7.32. The van der Waals surface area contributed by atoms with Crippen molar-refractivity contribution in [1.29, 1.82) is 0 Å². The van der Waals surface area contributed by atoms with Gasteiger partial charge in [0, 0.05) is 11.8 Å². The number of carbonyl (C=O) groups excluding carboxylic acids is 1. The predicted octanol–water partition coefficient (Wildman–Crippen LogP) is 6.82. The maximum atomic E-state index is 13.7. The zero-order chi connectivity index (χ0) is 23.4. The van der Waals surface area contributed by atoms with Gasteiger partial charge in [-0.25, -0.2) is 0 Å². The molecule has 0 saturated heterocycles. The molecule has 4 rings (SSSR count). The fourth-order valence-corrected chi connectivity index (χ4v) is 3.59. The molecule has 4 nitrogen and oxygen atoms in total. The lowest BCUT2D eigenvalue weighted by Gasteiger charge is -2.15. The summed E-state index contributed by atoms with van der Waals surface area (Å²) in [7, 11) is 0. The van der Waals surface area contributed by atoms with Crippen molar-refractivity contribution >= 4 is 17.4 Å². The number of ether oxygens (including phenoxy) is 1. The third-order valence-corrected chi connectivity index (χ3v) is 5.24. The van der Waals surface area contributed by atoms with Crippen LogP contribution in [-0.4, -0.2) is 15.6 Å². The lowest BCUT2D eigenvalue weighted by Crippen LogP contribution is -2.13. The van der Waals surface area contributed by atoms with Crippen LogP contribution in [0, 0.1) is 0 Å². The number of benzene rings is 3. The smallest absolute Gasteiger partial charge is 0.416 e. The summed E-state index contributed by atoms with van der Waals surface area (Å²) in [4.78, 5) is 12.5. The van der Waals surface area contributed by atoms with E-state index in [1.54, 1.807) is 66.9 Å². The van der Waals surface area contributed by atoms with Crippen molar-refractivity contribution in [3.05, 3.63) is 112 Å². The Bertz CT molecular complexity index is 1270. The predicted molar refractivity (Wildman–Crippen MR) is 119 cm³/mol. The van der Waals surface area contributed by atoms with Crippen LogP contribution >= 0.6 is 11.6 Å². The Morgan fingerprint density at radius 1 is 0.939 bits per heavy atom. The number of carbonyl (C=O) groups is 1. The molecule has 1 aromatic heterocycles. The molecular weight excluding hydrogens is 453 g/mol. The molecule has 8 heteroatoms. The van der Waals surface area contributed by atoms with Gasteiger partial charge in [0.1, 0.15) is 11.5 Å². The first kappa shape index (κ1) is 22.6. The van der Waals surface area contributed by atoms with Gasteiger partial charge < -0.3 is 4.74 Å². The zero-order valence-corrected chi connectivity index (χ0v) is 18.0. The van der Waals surface area contributed by atoms with E-state index in [4.69, 9.17) is 16.3 Å². The second kappa shape index (κ2) is 9.50. The van der Waals surface area contributed by atoms with Crippen LogP contribution in [0.15, 0.2) is 85.1 Å². The molecule has 0 N–H and O–H groups in total. The summed E-state index contributed by atoms with van der Waals surface area (Å²) in [6.07, 6.45) is -3.03. The van der Waals surface area contributed by atoms with E-state index in [0.717, 1.165) is 6.07 Å². The lowest BCUT2D eigenvalue weighted by atomic mass is 10.1. The van der Waals surface area contributed by atoms with Crippen LogP contribution in [0.2, 0.25) is 5.02 Å². The highest BCUT2D eigenvalue weighted by atomic mass is 35.5. The quantitative estimate of drug-likeness (QED) is 0.278. The van der Waals surface area contributed by atoms with E-state index in [2.05, 4.69) is 5.10 Å². The van der Waals surface area contributed by atoms with Gasteiger partial charge in [0.2, 0.25) is 0 Å². The molecule has 0 atom stereocenters. The summed E-state index contributed by atoms with van der Waals surface area (Å²) in [5.41, 5.74) is 0.0507. The number of alkyl halides is 3. The van der Waals surface area contributed by atoms with Crippen molar-refractivity contribution in [1.82, 2.24) is 9.78 Å². The van der Waals surface area contributed by atoms with Crippen LogP contribution in [-0.2, 0) is 19.1 Å². The number of rotatable bonds is 7. The van der Waals surface area contributed by atoms with Gasteiger partial charge in [-0.3, -0.25) is 9.48 Å². The fourth-order valence-electron chi connectivity index (χ4n) is 3.35. The average Bonchev–Trinajstić information content (AvgIpc) is 3.21. The third-order valence-electron chi connectivity index (χ3n) is 4.91. The molecular formula is C25H18ClF3N2O2. The summed E-state index contributed by atoms with van der Waals surface area (Å²) in [6, 6.07) is 20.7. The number of aromatic nitrogens is 2. The molecule has 0 aliphatic carbocycles. The van der Waals surface area contributed by atoms with Crippen molar-refractivity contribution in [2.24, 2.45) is 0 Å². The summed E-state index contributed by atoms with van der Waals surface area (Å²) in [6.45, 7) is -0.110. The van der Waals surface area contributed by atoms with E-state index in [0.29, 0.717) is 22.0 Å². The minimum Gasteiger partial charge on any atom is -0.457 e. The maximum Gasteiger partial charge on any atom is 0.416 e. The van der Waals surface area contributed by atoms with Crippen LogP contribution in [0.3, 0.4) is 0 Å². The number of ketones is 1. The average molecular weight is 471 g/mol. The van der Waals surface area contributed by atoms with Gasteiger partial charge >= 0.3 is 6.18 Å². The number of hydrogen-bond acceptors (Lipinski definition) is 3. The van der Waals surface area contributed by atoms with E-state index in [1.165, 1.54) is 16.8 Å². The molecule has 0 unspecified atom stereocenters. The van der Waals surface area contributed by atoms with Gasteiger partial charge in [-0.15, -0.1) is 0 Å². The lowest BCUT2D eigenvalue weighted by molar-refractivity contribution is -0.138. The molecule has 0 aliphatic rings. The number of nitrogens with zero attached hydrogens (tertiary/aromatic N) is 2. The van der Waals surface area contributed by atoms with Crippen LogP contribution in [0.5, 0.6) is 11.5 Å². The number of hydrogen-bond donors (Lipinski definition) is 0. The molecule has 0 radical (unpaired) electrons. The van der Waals surface area contributed by atoms with Crippen LogP contribution in [0.1, 0.15) is 27.2 Å². The Morgan fingerprint density at radius 3 is 2.39 bits per heavy atom. The van der Waals surface area contributed by atoms with Crippen molar-refractivity contribution in [3.63, 3.8) is 0 Å². The number of Topliss-reactive ketones (excluding diaryl/α,β-unsaturated/α-hetero) is 1. The summed E-state index contributed by atoms with van der Waals surface area (Å²) >= 11 is 6.06. The zero-order valence-electron chi connectivity index (χ0n) is 17.2. The molecule has 33 heavy (non-hydrogen) atoms. The van der Waals surface area contributed by atoms with E-state index in [1.807, 2.05) is 0 Å². The monoisotopic (exact) mass is 470 g/mol. The molecule has 3 aromatic carbocycles. The molecule has 0 amide bonds. The standard InChI is InChI=1S/C25H18ClF3N2O2/c26-23-9-5-4-8-21(23)24(32)14-18-12-13-31(30-18)16-17-10-11-20(15-22(17)25(27,28)29)33-19-6-2-1-3-7-19/h1-13,15H,14,16H2. The van der Waals surface area contributed by atoms with Gasteiger partial charge in [0.05, 0.1) is 29.2 Å². The Hall–Kier alpha value is -3.58. The van der Waals surface area contributed by atoms with Gasteiger partial charge in [0.15, 0.2) is 5.78 Å². The first-order chi connectivity index (χ1) is 15.8. The first-order valence-corrected chi connectivity index (χ1v) is 10.4. The molecule has 0 aliphatic heterocycles. The van der Waals surface area contributed by atoms with Gasteiger partial charge in [-0.2, -0.15) is 18.3 Å². The second-order valence-corrected chi connectivity index (χ2v) is 7.72. The normalized spacial score (nSPS) is 11.4. The van der Waals surface area contributed by atoms with Crippen LogP contribution < -0.4 is 4.74 Å². The van der Waals surface area contributed by atoms with Crippen molar-refractivity contribution in [2.75, 3.05) is 0 Å². The Labute approximate surface area is 193 Å². The van der Waals surface area contributed by atoms with Crippen LogP contribution in [0.25, 0.3) is 0 Å². The van der Waals surface area contributed by atoms with Gasteiger partial charge in [-0.1, -0.05) is 48.0 Å². The van der Waals surface area contributed by atoms with Crippen LogP contribution in [0.4, 0.5) is 13.2 Å². The van der Waals surface area contributed by atoms with Crippen molar-refractivity contribution < 1.29 is 22.7 Å². The fraction of sp³-hybridized carbons (Fsp3) is 0.120. The highest BCUT2D eigenvalue weighted by molar-refractivity contribution is 6.34. The SMILES string of the molecule is O=C(Cc1ccn(Cc2ccc(Oc3ccccc3)cc2C(F)(F)F)n1)c1ccccc1Cl. The molecule has 1 heterocycles. The summed E-state index contributed by atoms with van der Waals surface area (Å²) < 4.78 is 48.1. The molecule has 0 spiro atoms. The van der Waals surface area contributed by atoms with E-state index < -0.39 is 11.7 Å². The van der Waals surface area contributed by atoms with Gasteiger partial charge in [-0.05, 0) is 48.0 Å². The number of para-hydroxylation sites is 1. The molecule has 0 bridgehead atoms. The highest BCUT2D eigenvalue weighted by Crippen LogP contribution is 2.36. The Balaban J connectivity index is 1.52. The first-order valence-electron chi connectivity index (χ1n) is 10.0. The molecule has 0 saturated carbocycles. The Morgan fingerprint density at radius 2 is 1.67 bits per heavy atom. The summed E-state index contributed by atoms with van der Waals surface area (Å²) in [5, 5.41) is 4.61. The molecule has 168 valence electrons. The number of halogens is 4. The molecule has 0 fully saturated rings. The van der Waals surface area contributed by atoms with Crippen molar-refractivity contribution in [3.8, 4) is 11.5 Å². The third kappa shape index (κ3) is 5.62. The van der Waals surface area contributed by atoms with E-state index >= 15 is 0 Å². The minimum absolute atomic E-state index is 0.00723. The van der Waals surface area contributed by atoms with Gasteiger partial charge in [0.25, 0.3) is 0 Å². The van der Waals surface area contributed by atoms with E-state index in [9.17, 15) is 18.0 Å². The topological polar surface area (TPSA) is 44.1 Å². The largest absolute Gasteiger partial charge is 0.457 e. The molecule has 4 aromatic rings. The minimum atomic E-state index is -4.57. The Kier molecular flexibility index (Phi) is 6.51. The summed E-state index contributed by atoms with van der Waals surface area (Å²) in [5.74, 6) is 0.311. The maximum absolute atomic E-state index is 13.7. The van der Waals surface area contributed by atoms with E-state index in [-0.39, 0.29) is 30.1 Å². The highest BCUT2D eigenvalue weighted by Gasteiger charge is 2.34. The van der Waals surface area contributed by atoms with Crippen molar-refractivity contribution in [2.45, 2.75) is 19.1 Å².